The number of fused-ring (bicyclic) bond motifs is 1. The van der Waals surface area contributed by atoms with Crippen molar-refractivity contribution in [1.29, 1.82) is 0 Å². The maximum Gasteiger partial charge on any atom is 0.347 e. The summed E-state index contributed by atoms with van der Waals surface area (Å²) < 4.78 is 7.03. The van der Waals surface area contributed by atoms with E-state index in [0.29, 0.717) is 22.7 Å². The average molecular weight is 256 g/mol. The second kappa shape index (κ2) is 4.24. The van der Waals surface area contributed by atoms with Crippen LogP contribution >= 0.6 is 0 Å². The third-order valence-electron chi connectivity index (χ3n) is 2.75. The SMILES string of the molecule is Cc1cnc(=O)n(Cc2nc3cc(N)ccc3o2)c1. The summed E-state index contributed by atoms with van der Waals surface area (Å²) in [6.45, 7) is 2.12. The summed E-state index contributed by atoms with van der Waals surface area (Å²) in [6.07, 6.45) is 3.25. The Kier molecular flexibility index (Phi) is 2.56. The molecular weight excluding hydrogens is 244 g/mol. The summed E-state index contributed by atoms with van der Waals surface area (Å²) in [5, 5.41) is 0. The van der Waals surface area contributed by atoms with Crippen LogP contribution in [0.2, 0.25) is 0 Å². The van der Waals surface area contributed by atoms with Crippen molar-refractivity contribution >= 4 is 16.8 Å². The van der Waals surface area contributed by atoms with Crippen LogP contribution in [0, 0.1) is 6.92 Å². The fourth-order valence-corrected chi connectivity index (χ4v) is 1.88. The maximum atomic E-state index is 11.6. The molecule has 1 aromatic carbocycles. The van der Waals surface area contributed by atoms with Crippen molar-refractivity contribution in [3.63, 3.8) is 0 Å². The minimum Gasteiger partial charge on any atom is -0.439 e. The van der Waals surface area contributed by atoms with E-state index in [1.165, 1.54) is 10.8 Å². The highest BCUT2D eigenvalue weighted by atomic mass is 16.3. The number of aromatic nitrogens is 3. The lowest BCUT2D eigenvalue weighted by molar-refractivity contribution is 0.500. The van der Waals surface area contributed by atoms with E-state index in [4.69, 9.17) is 10.2 Å². The van der Waals surface area contributed by atoms with Gasteiger partial charge < -0.3 is 10.2 Å². The summed E-state index contributed by atoms with van der Waals surface area (Å²) in [7, 11) is 0. The van der Waals surface area contributed by atoms with E-state index in [0.717, 1.165) is 5.56 Å². The van der Waals surface area contributed by atoms with Gasteiger partial charge in [-0.3, -0.25) is 4.57 Å². The van der Waals surface area contributed by atoms with E-state index >= 15 is 0 Å². The fraction of sp³-hybridized carbons (Fsp3) is 0.154. The minimum atomic E-state index is -0.327. The Balaban J connectivity index is 2.01. The molecule has 0 spiro atoms. The Morgan fingerprint density at radius 3 is 3.11 bits per heavy atom. The molecule has 3 rings (SSSR count). The second-order valence-electron chi connectivity index (χ2n) is 4.38. The number of nitrogen functional groups attached to an aromatic ring is 1. The molecule has 96 valence electrons. The van der Waals surface area contributed by atoms with Crippen molar-refractivity contribution in [2.75, 3.05) is 5.73 Å². The number of aryl methyl sites for hydroxylation is 1. The van der Waals surface area contributed by atoms with Crippen molar-refractivity contribution in [2.24, 2.45) is 0 Å². The van der Waals surface area contributed by atoms with Crippen molar-refractivity contribution < 1.29 is 4.42 Å². The van der Waals surface area contributed by atoms with E-state index in [-0.39, 0.29) is 12.2 Å². The Bertz CT molecular complexity index is 804. The lowest BCUT2D eigenvalue weighted by atomic mass is 10.3. The van der Waals surface area contributed by atoms with Crippen LogP contribution in [0.4, 0.5) is 5.69 Å². The highest BCUT2D eigenvalue weighted by Crippen LogP contribution is 2.18. The largest absolute Gasteiger partial charge is 0.439 e. The van der Waals surface area contributed by atoms with Crippen LogP contribution in [0.1, 0.15) is 11.5 Å². The standard InChI is InChI=1S/C13H12N4O2/c1-8-5-15-13(18)17(6-8)7-12-16-10-4-9(14)2-3-11(10)19-12/h2-6H,7,14H2,1H3. The van der Waals surface area contributed by atoms with Gasteiger partial charge in [-0.25, -0.2) is 14.8 Å². The zero-order valence-electron chi connectivity index (χ0n) is 10.3. The number of benzene rings is 1. The molecule has 0 aliphatic rings. The summed E-state index contributed by atoms with van der Waals surface area (Å²) in [5.41, 5.74) is 8.22. The number of oxazole rings is 1. The van der Waals surface area contributed by atoms with Gasteiger partial charge in [0.05, 0.1) is 0 Å². The van der Waals surface area contributed by atoms with E-state index in [9.17, 15) is 4.79 Å². The Morgan fingerprint density at radius 2 is 2.26 bits per heavy atom. The number of nitrogens with two attached hydrogens (primary N) is 1. The summed E-state index contributed by atoms with van der Waals surface area (Å²) in [4.78, 5) is 19.7. The molecule has 0 bridgehead atoms. The van der Waals surface area contributed by atoms with Gasteiger partial charge in [0.1, 0.15) is 12.1 Å². The van der Waals surface area contributed by atoms with E-state index in [1.807, 2.05) is 6.92 Å². The van der Waals surface area contributed by atoms with Gasteiger partial charge in [-0.1, -0.05) is 0 Å². The average Bonchev–Trinajstić information content (AvgIpc) is 2.75. The molecule has 2 aromatic heterocycles. The lowest BCUT2D eigenvalue weighted by Gasteiger charge is -2.01. The first-order chi connectivity index (χ1) is 9.11. The van der Waals surface area contributed by atoms with Crippen LogP contribution in [-0.2, 0) is 6.54 Å². The number of rotatable bonds is 2. The maximum absolute atomic E-state index is 11.6. The zero-order valence-corrected chi connectivity index (χ0v) is 10.3. The molecule has 6 nitrogen and oxygen atoms in total. The van der Waals surface area contributed by atoms with Crippen molar-refractivity contribution in [2.45, 2.75) is 13.5 Å². The molecule has 0 saturated carbocycles. The Hall–Kier alpha value is -2.63. The van der Waals surface area contributed by atoms with Gasteiger partial charge >= 0.3 is 5.69 Å². The van der Waals surface area contributed by atoms with Crippen LogP contribution in [-0.4, -0.2) is 14.5 Å². The van der Waals surface area contributed by atoms with Gasteiger partial charge in [0, 0.05) is 18.1 Å². The van der Waals surface area contributed by atoms with Gasteiger partial charge in [-0.2, -0.15) is 0 Å². The summed E-state index contributed by atoms with van der Waals surface area (Å²) in [6, 6.07) is 5.25. The highest BCUT2D eigenvalue weighted by molar-refractivity contribution is 5.76. The smallest absolute Gasteiger partial charge is 0.347 e. The monoisotopic (exact) mass is 256 g/mol. The van der Waals surface area contributed by atoms with Crippen molar-refractivity contribution in [3.8, 4) is 0 Å². The molecule has 0 saturated heterocycles. The first kappa shape index (κ1) is 11.5. The summed E-state index contributed by atoms with van der Waals surface area (Å²) >= 11 is 0. The number of nitrogens with zero attached hydrogens (tertiary/aromatic N) is 3. The second-order valence-corrected chi connectivity index (χ2v) is 4.38. The third-order valence-corrected chi connectivity index (χ3v) is 2.75. The number of hydrogen-bond acceptors (Lipinski definition) is 5. The molecule has 0 radical (unpaired) electrons. The molecule has 0 atom stereocenters. The molecule has 3 aromatic rings. The number of hydrogen-bond donors (Lipinski definition) is 1. The van der Waals surface area contributed by atoms with Gasteiger partial charge in [0.15, 0.2) is 5.58 Å². The quantitative estimate of drug-likeness (QED) is 0.699. The lowest BCUT2D eigenvalue weighted by Crippen LogP contribution is -2.22. The Labute approximate surface area is 108 Å². The van der Waals surface area contributed by atoms with Crippen LogP contribution in [0.3, 0.4) is 0 Å². The van der Waals surface area contributed by atoms with Crippen LogP contribution in [0.25, 0.3) is 11.1 Å². The Morgan fingerprint density at radius 1 is 1.42 bits per heavy atom. The first-order valence-electron chi connectivity index (χ1n) is 5.80. The summed E-state index contributed by atoms with van der Waals surface area (Å²) in [5.74, 6) is 0.454. The van der Waals surface area contributed by atoms with Gasteiger partial charge in [-0.05, 0) is 30.7 Å². The molecule has 19 heavy (non-hydrogen) atoms. The predicted octanol–water partition coefficient (Wildman–Crippen LogP) is 1.32. The molecule has 0 amide bonds. The minimum absolute atomic E-state index is 0.252. The van der Waals surface area contributed by atoms with Gasteiger partial charge in [-0.15, -0.1) is 0 Å². The fourth-order valence-electron chi connectivity index (χ4n) is 1.88. The topological polar surface area (TPSA) is 86.9 Å². The highest BCUT2D eigenvalue weighted by Gasteiger charge is 2.08. The molecule has 2 N–H and O–H groups in total. The van der Waals surface area contributed by atoms with Crippen LogP contribution < -0.4 is 11.4 Å². The molecule has 6 heteroatoms. The van der Waals surface area contributed by atoms with Crippen LogP contribution in [0.15, 0.2) is 39.8 Å². The van der Waals surface area contributed by atoms with E-state index in [2.05, 4.69) is 9.97 Å². The number of anilines is 1. The van der Waals surface area contributed by atoms with Gasteiger partial charge in [0.2, 0.25) is 5.89 Å². The molecule has 0 unspecified atom stereocenters. The van der Waals surface area contributed by atoms with E-state index < -0.39 is 0 Å². The molecule has 2 heterocycles. The normalized spacial score (nSPS) is 11.0. The zero-order chi connectivity index (χ0) is 13.4. The first-order valence-corrected chi connectivity index (χ1v) is 5.80. The molecule has 0 fully saturated rings. The molecule has 0 aliphatic heterocycles. The van der Waals surface area contributed by atoms with Gasteiger partial charge in [0.25, 0.3) is 0 Å². The molecular formula is C13H12N4O2. The van der Waals surface area contributed by atoms with E-state index in [1.54, 1.807) is 24.4 Å². The third kappa shape index (κ3) is 2.20. The predicted molar refractivity (Wildman–Crippen MR) is 70.8 cm³/mol. The van der Waals surface area contributed by atoms with Crippen LogP contribution in [0.5, 0.6) is 0 Å². The van der Waals surface area contributed by atoms with Crippen molar-refractivity contribution in [1.82, 2.24) is 14.5 Å². The van der Waals surface area contributed by atoms with Crippen molar-refractivity contribution in [3.05, 3.63) is 52.5 Å². The molecule has 0 aliphatic carbocycles.